The highest BCUT2D eigenvalue weighted by Crippen LogP contribution is 2.34. The van der Waals surface area contributed by atoms with Crippen molar-refractivity contribution >= 4 is 17.1 Å². The fourth-order valence-electron chi connectivity index (χ4n) is 2.64. The van der Waals surface area contributed by atoms with Crippen LogP contribution in [0, 0.1) is 27.2 Å². The van der Waals surface area contributed by atoms with Gasteiger partial charge in [-0.05, 0) is 25.3 Å². The van der Waals surface area contributed by atoms with Gasteiger partial charge in [0, 0.05) is 12.1 Å². The molecule has 0 aromatic heterocycles. The maximum absolute atomic E-state index is 11.1. The molecule has 1 aliphatic carbocycles. The highest BCUT2D eigenvalue weighted by molar-refractivity contribution is 5.70. The summed E-state index contributed by atoms with van der Waals surface area (Å²) in [5.41, 5.74) is 0.481. The fraction of sp³-hybridized carbons (Fsp3) is 0.538. The molecule has 0 atom stereocenters. The summed E-state index contributed by atoms with van der Waals surface area (Å²) in [6.45, 7) is 1.66. The van der Waals surface area contributed by atoms with Crippen molar-refractivity contribution in [2.24, 2.45) is 0 Å². The SMILES string of the molecule is Cc1cc([N+](=O)[O-])cc([N+](=O)[O-])c1NC1CCCCC1. The Hall–Kier alpha value is -2.18. The first-order chi connectivity index (χ1) is 9.49. The maximum Gasteiger partial charge on any atom is 0.299 e. The largest absolute Gasteiger partial charge is 0.377 e. The van der Waals surface area contributed by atoms with E-state index in [0.717, 1.165) is 31.7 Å². The van der Waals surface area contributed by atoms with E-state index in [4.69, 9.17) is 0 Å². The molecule has 0 aliphatic heterocycles. The Morgan fingerprint density at radius 1 is 1.10 bits per heavy atom. The molecule has 20 heavy (non-hydrogen) atoms. The molecule has 0 radical (unpaired) electrons. The van der Waals surface area contributed by atoms with Crippen LogP contribution in [0.2, 0.25) is 0 Å². The van der Waals surface area contributed by atoms with Gasteiger partial charge in [0.2, 0.25) is 0 Å². The zero-order chi connectivity index (χ0) is 14.7. The Morgan fingerprint density at radius 3 is 2.30 bits per heavy atom. The highest BCUT2D eigenvalue weighted by atomic mass is 16.6. The molecular formula is C13H17N3O4. The molecule has 0 bridgehead atoms. The minimum absolute atomic E-state index is 0.211. The Labute approximate surface area is 116 Å². The van der Waals surface area contributed by atoms with Gasteiger partial charge in [-0.15, -0.1) is 0 Å². The number of benzene rings is 1. The average Bonchev–Trinajstić information content (AvgIpc) is 2.41. The number of anilines is 1. The number of rotatable bonds is 4. The Morgan fingerprint density at radius 2 is 1.75 bits per heavy atom. The van der Waals surface area contributed by atoms with E-state index in [1.165, 1.54) is 12.5 Å². The predicted molar refractivity (Wildman–Crippen MR) is 75.0 cm³/mol. The fourth-order valence-corrected chi connectivity index (χ4v) is 2.64. The van der Waals surface area contributed by atoms with E-state index < -0.39 is 9.85 Å². The summed E-state index contributed by atoms with van der Waals surface area (Å²) in [7, 11) is 0. The van der Waals surface area contributed by atoms with Crippen molar-refractivity contribution in [1.29, 1.82) is 0 Å². The molecule has 0 heterocycles. The van der Waals surface area contributed by atoms with Crippen LogP contribution in [0.4, 0.5) is 17.1 Å². The second kappa shape index (κ2) is 5.85. The van der Waals surface area contributed by atoms with E-state index in [-0.39, 0.29) is 17.4 Å². The molecule has 1 aromatic carbocycles. The second-order valence-corrected chi connectivity index (χ2v) is 5.15. The second-order valence-electron chi connectivity index (χ2n) is 5.15. The lowest BCUT2D eigenvalue weighted by Crippen LogP contribution is -2.23. The third kappa shape index (κ3) is 3.04. The van der Waals surface area contributed by atoms with Gasteiger partial charge in [0.05, 0.1) is 15.9 Å². The maximum atomic E-state index is 11.1. The lowest BCUT2D eigenvalue weighted by atomic mass is 9.95. The number of hydrogen-bond donors (Lipinski definition) is 1. The number of nitro groups is 2. The summed E-state index contributed by atoms with van der Waals surface area (Å²) in [6, 6.07) is 2.61. The number of hydrogen-bond acceptors (Lipinski definition) is 5. The first kappa shape index (κ1) is 14.2. The minimum Gasteiger partial charge on any atom is -0.377 e. The Balaban J connectivity index is 2.35. The summed E-state index contributed by atoms with van der Waals surface area (Å²) in [5.74, 6) is 0. The van der Waals surface area contributed by atoms with Crippen molar-refractivity contribution in [1.82, 2.24) is 0 Å². The third-order valence-corrected chi connectivity index (χ3v) is 3.66. The molecule has 7 nitrogen and oxygen atoms in total. The molecule has 0 spiro atoms. The number of nitro benzene ring substituents is 2. The summed E-state index contributed by atoms with van der Waals surface area (Å²) in [4.78, 5) is 20.8. The number of nitrogens with one attached hydrogen (secondary N) is 1. The normalized spacial score (nSPS) is 15.8. The van der Waals surface area contributed by atoms with Gasteiger partial charge in [0.1, 0.15) is 5.69 Å². The van der Waals surface area contributed by atoms with Crippen molar-refractivity contribution in [3.63, 3.8) is 0 Å². The molecule has 2 rings (SSSR count). The van der Waals surface area contributed by atoms with Crippen LogP contribution >= 0.6 is 0 Å². The van der Waals surface area contributed by atoms with E-state index in [0.29, 0.717) is 11.3 Å². The van der Waals surface area contributed by atoms with Crippen molar-refractivity contribution in [2.75, 3.05) is 5.32 Å². The highest BCUT2D eigenvalue weighted by Gasteiger charge is 2.24. The van der Waals surface area contributed by atoms with Crippen molar-refractivity contribution < 1.29 is 9.85 Å². The molecule has 7 heteroatoms. The first-order valence-corrected chi connectivity index (χ1v) is 6.69. The molecule has 0 amide bonds. The summed E-state index contributed by atoms with van der Waals surface area (Å²) < 4.78 is 0. The Bertz CT molecular complexity index is 539. The van der Waals surface area contributed by atoms with Crippen LogP contribution in [0.25, 0.3) is 0 Å². The molecule has 0 saturated heterocycles. The van der Waals surface area contributed by atoms with Crippen molar-refractivity contribution in [3.8, 4) is 0 Å². The third-order valence-electron chi connectivity index (χ3n) is 3.66. The quantitative estimate of drug-likeness (QED) is 0.671. The smallest absolute Gasteiger partial charge is 0.299 e. The van der Waals surface area contributed by atoms with Crippen LogP contribution in [0.3, 0.4) is 0 Å². The van der Waals surface area contributed by atoms with Crippen LogP contribution in [-0.2, 0) is 0 Å². The van der Waals surface area contributed by atoms with Crippen LogP contribution in [-0.4, -0.2) is 15.9 Å². The molecule has 1 N–H and O–H groups in total. The monoisotopic (exact) mass is 279 g/mol. The first-order valence-electron chi connectivity index (χ1n) is 6.69. The van der Waals surface area contributed by atoms with Gasteiger partial charge in [-0.1, -0.05) is 19.3 Å². The summed E-state index contributed by atoms with van der Waals surface area (Å²) >= 11 is 0. The molecule has 1 fully saturated rings. The average molecular weight is 279 g/mol. The van der Waals surface area contributed by atoms with Gasteiger partial charge in [-0.25, -0.2) is 0 Å². The number of aryl methyl sites for hydroxylation is 1. The van der Waals surface area contributed by atoms with E-state index in [1.807, 2.05) is 0 Å². The molecule has 0 unspecified atom stereocenters. The zero-order valence-corrected chi connectivity index (χ0v) is 11.3. The van der Waals surface area contributed by atoms with Gasteiger partial charge < -0.3 is 5.32 Å². The molecule has 1 saturated carbocycles. The number of nitrogens with zero attached hydrogens (tertiary/aromatic N) is 2. The van der Waals surface area contributed by atoms with Crippen LogP contribution in [0.15, 0.2) is 12.1 Å². The predicted octanol–water partition coefficient (Wildman–Crippen LogP) is 3.56. The van der Waals surface area contributed by atoms with Crippen LogP contribution < -0.4 is 5.32 Å². The van der Waals surface area contributed by atoms with E-state index in [2.05, 4.69) is 5.32 Å². The Kier molecular flexibility index (Phi) is 4.16. The molecule has 108 valence electrons. The van der Waals surface area contributed by atoms with Gasteiger partial charge in [0.25, 0.3) is 11.4 Å². The van der Waals surface area contributed by atoms with Gasteiger partial charge in [-0.2, -0.15) is 0 Å². The van der Waals surface area contributed by atoms with Crippen LogP contribution in [0.1, 0.15) is 37.7 Å². The lowest BCUT2D eigenvalue weighted by molar-refractivity contribution is -0.393. The van der Waals surface area contributed by atoms with Gasteiger partial charge in [-0.3, -0.25) is 20.2 Å². The van der Waals surface area contributed by atoms with E-state index >= 15 is 0 Å². The van der Waals surface area contributed by atoms with E-state index in [1.54, 1.807) is 6.92 Å². The van der Waals surface area contributed by atoms with Crippen LogP contribution in [0.5, 0.6) is 0 Å². The zero-order valence-electron chi connectivity index (χ0n) is 11.3. The number of non-ortho nitro benzene ring substituents is 1. The molecule has 1 aromatic rings. The summed E-state index contributed by atoms with van der Waals surface area (Å²) in [6.07, 6.45) is 5.37. The summed E-state index contributed by atoms with van der Waals surface area (Å²) in [5, 5.41) is 25.1. The topological polar surface area (TPSA) is 98.3 Å². The van der Waals surface area contributed by atoms with Gasteiger partial charge in [0.15, 0.2) is 0 Å². The lowest BCUT2D eigenvalue weighted by Gasteiger charge is -2.24. The van der Waals surface area contributed by atoms with E-state index in [9.17, 15) is 20.2 Å². The standard InChI is InChI=1S/C13H17N3O4/c1-9-7-11(15(17)18)8-12(16(19)20)13(9)14-10-5-3-2-4-6-10/h7-8,10,14H,2-6H2,1H3. The molecular weight excluding hydrogens is 262 g/mol. The minimum atomic E-state index is -0.607. The molecule has 1 aliphatic rings. The van der Waals surface area contributed by atoms with Crippen molar-refractivity contribution in [3.05, 3.63) is 37.9 Å². The van der Waals surface area contributed by atoms with Gasteiger partial charge >= 0.3 is 0 Å². The van der Waals surface area contributed by atoms with Crippen molar-refractivity contribution in [2.45, 2.75) is 45.1 Å².